The van der Waals surface area contributed by atoms with E-state index in [0.29, 0.717) is 11.5 Å². The first-order valence-corrected chi connectivity index (χ1v) is 11.5. The molecule has 29 heavy (non-hydrogen) atoms. The zero-order chi connectivity index (χ0) is 21.9. The zero-order valence-electron chi connectivity index (χ0n) is 19.8. The molecule has 0 fully saturated rings. The Labute approximate surface area is 178 Å². The molecule has 0 spiro atoms. The van der Waals surface area contributed by atoms with Crippen LogP contribution < -0.4 is 0 Å². The van der Waals surface area contributed by atoms with Crippen molar-refractivity contribution in [1.29, 1.82) is 0 Å². The lowest BCUT2D eigenvalue weighted by Gasteiger charge is -2.36. The van der Waals surface area contributed by atoms with E-state index in [-0.39, 0.29) is 5.41 Å². The van der Waals surface area contributed by atoms with E-state index >= 15 is 0 Å². The fraction of sp³-hybridized carbons (Fsp3) is 0.556. The van der Waals surface area contributed by atoms with Gasteiger partial charge in [-0.3, -0.25) is 0 Å². The summed E-state index contributed by atoms with van der Waals surface area (Å²) < 4.78 is 0. The van der Waals surface area contributed by atoms with Gasteiger partial charge in [0.15, 0.2) is 0 Å². The van der Waals surface area contributed by atoms with Crippen molar-refractivity contribution in [3.05, 3.63) is 56.6 Å². The van der Waals surface area contributed by atoms with Crippen LogP contribution in [0.3, 0.4) is 0 Å². The normalized spacial score (nSPS) is 11.9. The van der Waals surface area contributed by atoms with Gasteiger partial charge in [-0.1, -0.05) is 55.4 Å². The maximum absolute atomic E-state index is 10.7. The summed E-state index contributed by atoms with van der Waals surface area (Å²) in [5.74, 6) is 0.874. The molecule has 0 saturated carbocycles. The van der Waals surface area contributed by atoms with Crippen molar-refractivity contribution in [3.8, 4) is 11.5 Å². The van der Waals surface area contributed by atoms with E-state index in [1.54, 1.807) is 0 Å². The fourth-order valence-electron chi connectivity index (χ4n) is 5.46. The average molecular weight is 397 g/mol. The zero-order valence-corrected chi connectivity index (χ0v) is 19.8. The SMILES string of the molecule is CCc1cc(O)c(CC)c(CC)c1C(C)(C)c1c(CC)cc(O)c(CC)c1CC. The van der Waals surface area contributed by atoms with Gasteiger partial charge in [-0.25, -0.2) is 0 Å². The molecule has 0 bridgehead atoms. The molecule has 160 valence electrons. The van der Waals surface area contributed by atoms with Crippen LogP contribution in [0.4, 0.5) is 0 Å². The Morgan fingerprint density at radius 1 is 0.552 bits per heavy atom. The number of hydrogen-bond donors (Lipinski definition) is 2. The van der Waals surface area contributed by atoms with Crippen LogP contribution in [0.15, 0.2) is 12.1 Å². The highest BCUT2D eigenvalue weighted by molar-refractivity contribution is 5.60. The van der Waals surface area contributed by atoms with Gasteiger partial charge in [-0.15, -0.1) is 0 Å². The summed E-state index contributed by atoms with van der Waals surface area (Å²) in [6, 6.07) is 3.99. The number of phenols is 2. The lowest BCUT2D eigenvalue weighted by atomic mass is 9.67. The van der Waals surface area contributed by atoms with Crippen molar-refractivity contribution in [1.82, 2.24) is 0 Å². The molecule has 2 rings (SSSR count). The quantitative estimate of drug-likeness (QED) is 0.515. The van der Waals surface area contributed by atoms with Gasteiger partial charge in [0.2, 0.25) is 0 Å². The molecule has 0 aliphatic rings. The first-order chi connectivity index (χ1) is 13.7. The molecule has 0 radical (unpaired) electrons. The highest BCUT2D eigenvalue weighted by Crippen LogP contribution is 2.45. The Bertz CT molecular complexity index is 804. The molecule has 2 heteroatoms. The first kappa shape index (κ1) is 23.3. The Balaban J connectivity index is 3.01. The van der Waals surface area contributed by atoms with Crippen LogP contribution >= 0.6 is 0 Å². The van der Waals surface area contributed by atoms with Crippen LogP contribution in [0.2, 0.25) is 0 Å². The van der Waals surface area contributed by atoms with Crippen LogP contribution in [-0.4, -0.2) is 10.2 Å². The Morgan fingerprint density at radius 2 is 0.862 bits per heavy atom. The maximum Gasteiger partial charge on any atom is 0.119 e. The monoisotopic (exact) mass is 396 g/mol. The minimum atomic E-state index is -0.206. The maximum atomic E-state index is 10.7. The third-order valence-corrected chi connectivity index (χ3v) is 6.64. The number of rotatable bonds is 8. The van der Waals surface area contributed by atoms with Crippen molar-refractivity contribution in [2.24, 2.45) is 0 Å². The van der Waals surface area contributed by atoms with Gasteiger partial charge < -0.3 is 10.2 Å². The molecule has 0 saturated heterocycles. The number of aryl methyl sites for hydroxylation is 2. The van der Waals surface area contributed by atoms with Gasteiger partial charge in [-0.05, 0) is 95.2 Å². The Hall–Kier alpha value is -1.96. The van der Waals surface area contributed by atoms with Crippen LogP contribution in [0.25, 0.3) is 0 Å². The number of hydrogen-bond acceptors (Lipinski definition) is 2. The molecule has 0 aliphatic carbocycles. The van der Waals surface area contributed by atoms with Gasteiger partial charge in [0.1, 0.15) is 11.5 Å². The molecule has 0 aromatic heterocycles. The van der Waals surface area contributed by atoms with E-state index in [0.717, 1.165) is 49.7 Å². The van der Waals surface area contributed by atoms with E-state index in [1.165, 1.54) is 33.4 Å². The fourth-order valence-corrected chi connectivity index (χ4v) is 5.46. The van der Waals surface area contributed by atoms with E-state index in [4.69, 9.17) is 0 Å². The molecule has 0 atom stereocenters. The van der Waals surface area contributed by atoms with Crippen LogP contribution in [0, 0.1) is 0 Å². The molecule has 0 amide bonds. The number of benzene rings is 2. The second-order valence-corrected chi connectivity index (χ2v) is 8.52. The third-order valence-electron chi connectivity index (χ3n) is 6.64. The topological polar surface area (TPSA) is 40.5 Å². The van der Waals surface area contributed by atoms with Crippen molar-refractivity contribution >= 4 is 0 Å². The van der Waals surface area contributed by atoms with Gasteiger partial charge in [0, 0.05) is 5.41 Å². The van der Waals surface area contributed by atoms with Gasteiger partial charge in [0.25, 0.3) is 0 Å². The Morgan fingerprint density at radius 3 is 1.10 bits per heavy atom. The predicted octanol–water partition coefficient (Wildman–Crippen LogP) is 6.80. The Kier molecular flexibility index (Phi) is 7.43. The lowest BCUT2D eigenvalue weighted by Crippen LogP contribution is -2.28. The molecule has 2 aromatic rings. The molecular formula is C27H40O2. The summed E-state index contributed by atoms with van der Waals surface area (Å²) >= 11 is 0. The van der Waals surface area contributed by atoms with Crippen LogP contribution in [-0.2, 0) is 43.9 Å². The molecule has 0 heterocycles. The second-order valence-electron chi connectivity index (χ2n) is 8.52. The van der Waals surface area contributed by atoms with Gasteiger partial charge in [-0.2, -0.15) is 0 Å². The predicted molar refractivity (Wildman–Crippen MR) is 125 cm³/mol. The minimum Gasteiger partial charge on any atom is -0.508 e. The molecule has 2 nitrogen and oxygen atoms in total. The summed E-state index contributed by atoms with van der Waals surface area (Å²) in [5.41, 5.74) is 9.76. The van der Waals surface area contributed by atoms with Gasteiger partial charge >= 0.3 is 0 Å². The van der Waals surface area contributed by atoms with Crippen LogP contribution in [0.5, 0.6) is 11.5 Å². The van der Waals surface area contributed by atoms with Crippen molar-refractivity contribution in [2.45, 2.75) is 99.3 Å². The van der Waals surface area contributed by atoms with E-state index in [2.05, 4.69) is 55.4 Å². The van der Waals surface area contributed by atoms with Gasteiger partial charge in [0.05, 0.1) is 0 Å². The summed E-state index contributed by atoms with van der Waals surface area (Å²) in [7, 11) is 0. The van der Waals surface area contributed by atoms with E-state index < -0.39 is 0 Å². The summed E-state index contributed by atoms with van der Waals surface area (Å²) in [6.45, 7) is 17.7. The minimum absolute atomic E-state index is 0.206. The molecule has 2 aromatic carbocycles. The number of phenolic OH excluding ortho intramolecular Hbond substituents is 2. The van der Waals surface area contributed by atoms with E-state index in [1.807, 2.05) is 12.1 Å². The highest BCUT2D eigenvalue weighted by atomic mass is 16.3. The van der Waals surface area contributed by atoms with Crippen molar-refractivity contribution in [3.63, 3.8) is 0 Å². The third kappa shape index (κ3) is 3.91. The van der Waals surface area contributed by atoms with Crippen molar-refractivity contribution in [2.75, 3.05) is 0 Å². The molecular weight excluding hydrogens is 356 g/mol. The largest absolute Gasteiger partial charge is 0.508 e. The average Bonchev–Trinajstić information content (AvgIpc) is 2.70. The summed E-state index contributed by atoms with van der Waals surface area (Å²) in [5, 5.41) is 21.4. The second kappa shape index (κ2) is 9.24. The smallest absolute Gasteiger partial charge is 0.119 e. The molecule has 2 N–H and O–H groups in total. The standard InChI is InChI=1S/C27H40O2/c1-9-17-15-23(28)19(11-3)21(13-5)25(17)27(7,8)26-18(10-2)16-24(29)20(12-4)22(26)14-6/h15-16,28-29H,9-14H2,1-8H3. The molecule has 0 unspecified atom stereocenters. The van der Waals surface area contributed by atoms with Crippen LogP contribution in [0.1, 0.15) is 99.9 Å². The van der Waals surface area contributed by atoms with E-state index in [9.17, 15) is 10.2 Å². The summed E-state index contributed by atoms with van der Waals surface area (Å²) in [4.78, 5) is 0. The number of aromatic hydroxyl groups is 2. The first-order valence-electron chi connectivity index (χ1n) is 11.5. The summed E-state index contributed by atoms with van der Waals surface area (Å²) in [6.07, 6.45) is 5.27. The lowest BCUT2D eigenvalue weighted by molar-refractivity contribution is 0.463. The highest BCUT2D eigenvalue weighted by Gasteiger charge is 2.34. The molecule has 0 aliphatic heterocycles. The van der Waals surface area contributed by atoms with Crippen molar-refractivity contribution < 1.29 is 10.2 Å².